The lowest BCUT2D eigenvalue weighted by molar-refractivity contribution is -0.118. The van der Waals surface area contributed by atoms with Gasteiger partial charge in [0.1, 0.15) is 6.54 Å². The van der Waals surface area contributed by atoms with Crippen molar-refractivity contribution in [2.75, 3.05) is 10.6 Å². The largest absolute Gasteiger partial charge is 0.399 e. The highest BCUT2D eigenvalue weighted by Crippen LogP contribution is 2.26. The van der Waals surface area contributed by atoms with Crippen LogP contribution in [0.1, 0.15) is 0 Å². The van der Waals surface area contributed by atoms with Gasteiger partial charge in [-0.2, -0.15) is 0 Å². The number of hydrogen-bond acceptors (Lipinski definition) is 3. The molecule has 0 atom stereocenters. The summed E-state index contributed by atoms with van der Waals surface area (Å²) in [5, 5.41) is 0.281. The lowest BCUT2D eigenvalue weighted by Crippen LogP contribution is -2.29. The second-order valence-electron chi connectivity index (χ2n) is 4.98. The predicted octanol–water partition coefficient (Wildman–Crippen LogP) is 3.48. The fourth-order valence-electron chi connectivity index (χ4n) is 2.28. The van der Waals surface area contributed by atoms with Crippen molar-refractivity contribution in [2.45, 2.75) is 6.54 Å². The monoisotopic (exact) mass is 326 g/mol. The van der Waals surface area contributed by atoms with Crippen LogP contribution in [0.5, 0.6) is 0 Å². The molecule has 1 aromatic heterocycles. The van der Waals surface area contributed by atoms with Crippen molar-refractivity contribution in [3.63, 3.8) is 0 Å². The number of rotatable bonds is 4. The molecular weight excluding hydrogens is 312 g/mol. The maximum absolute atomic E-state index is 12.8. The highest BCUT2D eigenvalue weighted by Gasteiger charge is 2.19. The first kappa shape index (κ1) is 15.1. The van der Waals surface area contributed by atoms with E-state index >= 15 is 0 Å². The smallest absolute Gasteiger partial charge is 0.251 e. The van der Waals surface area contributed by atoms with E-state index in [1.165, 1.54) is 0 Å². The van der Waals surface area contributed by atoms with Crippen LogP contribution in [-0.2, 0) is 11.3 Å². The van der Waals surface area contributed by atoms with Gasteiger partial charge in [-0.05, 0) is 48.0 Å². The van der Waals surface area contributed by atoms with E-state index in [0.29, 0.717) is 5.69 Å². The molecule has 0 radical (unpaired) electrons. The minimum Gasteiger partial charge on any atom is -0.399 e. The van der Waals surface area contributed by atoms with Crippen LogP contribution in [0, 0.1) is 0 Å². The fourth-order valence-corrected chi connectivity index (χ4v) is 2.46. The van der Waals surface area contributed by atoms with Crippen LogP contribution < -0.4 is 10.6 Å². The van der Waals surface area contributed by atoms with E-state index in [1.807, 2.05) is 42.5 Å². The summed E-state index contributed by atoms with van der Waals surface area (Å²) in [5.41, 5.74) is 7.90. The number of amides is 1. The Morgan fingerprint density at radius 1 is 1.09 bits per heavy atom. The number of nitrogen functional groups attached to an aromatic ring is 1. The van der Waals surface area contributed by atoms with Crippen molar-refractivity contribution >= 4 is 34.6 Å². The Labute approximate surface area is 138 Å². The quantitative estimate of drug-likeness (QED) is 0.746. The number of para-hydroxylation sites is 1. The van der Waals surface area contributed by atoms with Crippen LogP contribution in [0.3, 0.4) is 0 Å². The summed E-state index contributed by atoms with van der Waals surface area (Å²) in [5.74, 6) is -0.124. The summed E-state index contributed by atoms with van der Waals surface area (Å²) in [6.07, 6.45) is 3.23. The molecule has 2 N–H and O–H groups in total. The number of carbonyl (C=O) groups excluding carboxylic acids is 1. The minimum atomic E-state index is -0.124. The standard InChI is InChI=1S/C17H15ClN4O/c18-17-20-10-11-21(17)12-16(23)22(14-4-2-1-3-5-14)15-8-6-13(19)7-9-15/h1-11H,12,19H2. The fraction of sp³-hybridized carbons (Fsp3) is 0.0588. The molecule has 6 heteroatoms. The SMILES string of the molecule is Nc1ccc(N(C(=O)Cn2ccnc2Cl)c2ccccc2)cc1. The molecule has 0 spiro atoms. The van der Waals surface area contributed by atoms with Gasteiger partial charge in [-0.15, -0.1) is 0 Å². The molecular formula is C17H15ClN4O. The molecule has 2 aromatic carbocycles. The van der Waals surface area contributed by atoms with Gasteiger partial charge >= 0.3 is 0 Å². The zero-order valence-corrected chi connectivity index (χ0v) is 13.0. The third kappa shape index (κ3) is 3.35. The second-order valence-corrected chi connectivity index (χ2v) is 5.32. The lowest BCUT2D eigenvalue weighted by atomic mass is 10.2. The van der Waals surface area contributed by atoms with Gasteiger partial charge in [-0.3, -0.25) is 9.69 Å². The average molecular weight is 327 g/mol. The predicted molar refractivity (Wildman–Crippen MR) is 91.7 cm³/mol. The summed E-state index contributed by atoms with van der Waals surface area (Å²) >= 11 is 5.97. The van der Waals surface area contributed by atoms with Crippen LogP contribution >= 0.6 is 11.6 Å². The number of anilines is 3. The van der Waals surface area contributed by atoms with Crippen molar-refractivity contribution in [3.05, 3.63) is 72.3 Å². The van der Waals surface area contributed by atoms with E-state index in [4.69, 9.17) is 17.3 Å². The Hall–Kier alpha value is -2.79. The van der Waals surface area contributed by atoms with Crippen molar-refractivity contribution in [1.29, 1.82) is 0 Å². The summed E-state index contributed by atoms with van der Waals surface area (Å²) < 4.78 is 1.59. The Kier molecular flexibility index (Phi) is 4.30. The third-order valence-electron chi connectivity index (χ3n) is 3.39. The molecule has 116 valence electrons. The Balaban J connectivity index is 1.96. The zero-order chi connectivity index (χ0) is 16.2. The van der Waals surface area contributed by atoms with Crippen LogP contribution in [0.4, 0.5) is 17.1 Å². The number of benzene rings is 2. The van der Waals surface area contributed by atoms with Crippen LogP contribution in [0.15, 0.2) is 67.0 Å². The first-order valence-electron chi connectivity index (χ1n) is 7.05. The molecule has 23 heavy (non-hydrogen) atoms. The molecule has 0 bridgehead atoms. The molecule has 3 aromatic rings. The molecule has 1 amide bonds. The van der Waals surface area contributed by atoms with Gasteiger partial charge in [0, 0.05) is 29.5 Å². The molecule has 5 nitrogen and oxygen atoms in total. The Morgan fingerprint density at radius 3 is 2.35 bits per heavy atom. The molecule has 3 rings (SSSR count). The first-order chi connectivity index (χ1) is 11.1. The van der Waals surface area contributed by atoms with Crippen LogP contribution in [-0.4, -0.2) is 15.5 Å². The number of aromatic nitrogens is 2. The van der Waals surface area contributed by atoms with E-state index in [9.17, 15) is 4.79 Å². The maximum Gasteiger partial charge on any atom is 0.251 e. The van der Waals surface area contributed by atoms with Crippen molar-refractivity contribution in [3.8, 4) is 0 Å². The van der Waals surface area contributed by atoms with Crippen molar-refractivity contribution in [2.24, 2.45) is 0 Å². The van der Waals surface area contributed by atoms with Crippen LogP contribution in [0.25, 0.3) is 0 Å². The topological polar surface area (TPSA) is 64.2 Å². The maximum atomic E-state index is 12.8. The molecule has 0 aliphatic carbocycles. The van der Waals surface area contributed by atoms with Gasteiger partial charge in [0.05, 0.1) is 0 Å². The number of hydrogen-bond donors (Lipinski definition) is 1. The Bertz CT molecular complexity index is 799. The normalized spacial score (nSPS) is 10.5. The molecule has 0 aliphatic heterocycles. The van der Waals surface area contributed by atoms with Crippen molar-refractivity contribution < 1.29 is 4.79 Å². The number of nitrogens with zero attached hydrogens (tertiary/aromatic N) is 3. The highest BCUT2D eigenvalue weighted by atomic mass is 35.5. The van der Waals surface area contributed by atoms with Gasteiger partial charge in [0.25, 0.3) is 5.91 Å². The summed E-state index contributed by atoms with van der Waals surface area (Å²) in [4.78, 5) is 18.4. The highest BCUT2D eigenvalue weighted by molar-refractivity contribution is 6.28. The molecule has 0 saturated carbocycles. The minimum absolute atomic E-state index is 0.0953. The van der Waals surface area contributed by atoms with E-state index in [2.05, 4.69) is 4.98 Å². The molecule has 0 aliphatic rings. The van der Waals surface area contributed by atoms with Crippen molar-refractivity contribution in [1.82, 2.24) is 9.55 Å². The molecule has 1 heterocycles. The molecule has 0 saturated heterocycles. The van der Waals surface area contributed by atoms with E-state index < -0.39 is 0 Å². The van der Waals surface area contributed by atoms with E-state index in [0.717, 1.165) is 11.4 Å². The van der Waals surface area contributed by atoms with Gasteiger partial charge in [0.15, 0.2) is 0 Å². The van der Waals surface area contributed by atoms with Crippen LogP contribution in [0.2, 0.25) is 5.28 Å². The van der Waals surface area contributed by atoms with Gasteiger partial charge in [-0.25, -0.2) is 4.98 Å². The number of nitrogens with two attached hydrogens (primary N) is 1. The number of imidazole rings is 1. The number of carbonyl (C=O) groups is 1. The summed E-state index contributed by atoms with van der Waals surface area (Å²) in [6, 6.07) is 16.6. The zero-order valence-electron chi connectivity index (χ0n) is 12.3. The third-order valence-corrected chi connectivity index (χ3v) is 3.70. The van der Waals surface area contributed by atoms with Gasteiger partial charge < -0.3 is 10.3 Å². The lowest BCUT2D eigenvalue weighted by Gasteiger charge is -2.23. The average Bonchev–Trinajstić information content (AvgIpc) is 2.96. The first-order valence-corrected chi connectivity index (χ1v) is 7.43. The van der Waals surface area contributed by atoms with E-state index in [-0.39, 0.29) is 17.7 Å². The van der Waals surface area contributed by atoms with E-state index in [1.54, 1.807) is 34.0 Å². The Morgan fingerprint density at radius 2 is 1.74 bits per heavy atom. The summed E-state index contributed by atoms with van der Waals surface area (Å²) in [6.45, 7) is 0.0953. The number of halogens is 1. The molecule has 0 unspecified atom stereocenters. The molecule has 0 fully saturated rings. The van der Waals surface area contributed by atoms with Gasteiger partial charge in [0.2, 0.25) is 5.28 Å². The summed E-state index contributed by atoms with van der Waals surface area (Å²) in [7, 11) is 0. The second kappa shape index (κ2) is 6.54. The van der Waals surface area contributed by atoms with Gasteiger partial charge in [-0.1, -0.05) is 18.2 Å².